The van der Waals surface area contributed by atoms with Crippen LogP contribution in [0.15, 0.2) is 24.3 Å². The van der Waals surface area contributed by atoms with E-state index in [2.05, 4.69) is 16.0 Å². The SMILES string of the molecule is CNCCCNCc1ccc(OCC(=O)NC(C)(C)C)cc1.Cl.Cl. The molecule has 0 unspecified atom stereocenters. The number of halogens is 2. The maximum atomic E-state index is 11.7. The third-order valence-electron chi connectivity index (χ3n) is 2.92. The smallest absolute Gasteiger partial charge is 0.258 e. The van der Waals surface area contributed by atoms with Crippen molar-refractivity contribution in [2.45, 2.75) is 39.3 Å². The van der Waals surface area contributed by atoms with Crippen molar-refractivity contribution in [2.24, 2.45) is 0 Å². The highest BCUT2D eigenvalue weighted by atomic mass is 35.5. The Morgan fingerprint density at radius 1 is 1.08 bits per heavy atom. The van der Waals surface area contributed by atoms with E-state index in [-0.39, 0.29) is 42.9 Å². The Morgan fingerprint density at radius 2 is 1.71 bits per heavy atom. The molecule has 24 heavy (non-hydrogen) atoms. The van der Waals surface area contributed by atoms with Gasteiger partial charge >= 0.3 is 0 Å². The summed E-state index contributed by atoms with van der Waals surface area (Å²) in [6.45, 7) is 8.74. The minimum atomic E-state index is -0.233. The number of hydrogen-bond donors (Lipinski definition) is 3. The molecule has 0 radical (unpaired) electrons. The molecule has 0 fully saturated rings. The van der Waals surface area contributed by atoms with E-state index in [9.17, 15) is 4.79 Å². The van der Waals surface area contributed by atoms with Gasteiger partial charge in [-0.1, -0.05) is 12.1 Å². The molecule has 0 bridgehead atoms. The van der Waals surface area contributed by atoms with Crippen LogP contribution < -0.4 is 20.7 Å². The third-order valence-corrected chi connectivity index (χ3v) is 2.92. The topological polar surface area (TPSA) is 62.4 Å². The quantitative estimate of drug-likeness (QED) is 0.576. The van der Waals surface area contributed by atoms with E-state index >= 15 is 0 Å². The predicted octanol–water partition coefficient (Wildman–Crippen LogP) is 2.52. The van der Waals surface area contributed by atoms with E-state index in [1.807, 2.05) is 52.1 Å². The average Bonchev–Trinajstić information content (AvgIpc) is 2.44. The monoisotopic (exact) mass is 379 g/mol. The van der Waals surface area contributed by atoms with Gasteiger partial charge in [0.15, 0.2) is 6.61 Å². The second-order valence-electron chi connectivity index (χ2n) is 6.36. The Kier molecular flexibility index (Phi) is 14.0. The number of hydrogen-bond acceptors (Lipinski definition) is 4. The van der Waals surface area contributed by atoms with Crippen LogP contribution in [0.2, 0.25) is 0 Å². The lowest BCUT2D eigenvalue weighted by molar-refractivity contribution is -0.124. The zero-order valence-corrected chi connectivity index (χ0v) is 16.6. The van der Waals surface area contributed by atoms with Gasteiger partial charge in [-0.25, -0.2) is 0 Å². The van der Waals surface area contributed by atoms with Crippen molar-refractivity contribution in [1.82, 2.24) is 16.0 Å². The van der Waals surface area contributed by atoms with Crippen LogP contribution in [-0.4, -0.2) is 38.2 Å². The van der Waals surface area contributed by atoms with Crippen LogP contribution in [0.1, 0.15) is 32.8 Å². The molecular weight excluding hydrogens is 349 g/mol. The standard InChI is InChI=1S/C17H29N3O2.2ClH/c1-17(2,3)20-16(21)13-22-15-8-6-14(7-9-15)12-19-11-5-10-18-4;;/h6-9,18-19H,5,10-13H2,1-4H3,(H,20,21);2*1H. The Hall–Kier alpha value is -1.01. The number of ether oxygens (including phenoxy) is 1. The highest BCUT2D eigenvalue weighted by molar-refractivity contribution is 5.85. The number of benzene rings is 1. The zero-order valence-electron chi connectivity index (χ0n) is 15.0. The van der Waals surface area contributed by atoms with Gasteiger partial charge in [0.2, 0.25) is 0 Å². The fourth-order valence-corrected chi connectivity index (χ4v) is 1.93. The van der Waals surface area contributed by atoms with Gasteiger partial charge in [-0.15, -0.1) is 24.8 Å². The van der Waals surface area contributed by atoms with Gasteiger partial charge in [0.25, 0.3) is 5.91 Å². The maximum absolute atomic E-state index is 11.7. The summed E-state index contributed by atoms with van der Waals surface area (Å²) in [7, 11) is 1.96. The zero-order chi connectivity index (χ0) is 16.4. The van der Waals surface area contributed by atoms with Crippen molar-refractivity contribution < 1.29 is 9.53 Å². The molecule has 0 saturated heterocycles. The van der Waals surface area contributed by atoms with Gasteiger partial charge in [0, 0.05) is 12.1 Å². The molecule has 0 saturated carbocycles. The highest BCUT2D eigenvalue weighted by Crippen LogP contribution is 2.12. The molecule has 7 heteroatoms. The summed E-state index contributed by atoms with van der Waals surface area (Å²) in [4.78, 5) is 11.7. The van der Waals surface area contributed by atoms with Crippen molar-refractivity contribution in [1.29, 1.82) is 0 Å². The summed E-state index contributed by atoms with van der Waals surface area (Å²) in [5.41, 5.74) is 0.972. The number of nitrogens with one attached hydrogen (secondary N) is 3. The summed E-state index contributed by atoms with van der Waals surface area (Å²) in [6, 6.07) is 7.83. The number of carbonyl (C=O) groups excluding carboxylic acids is 1. The molecule has 1 aromatic carbocycles. The van der Waals surface area contributed by atoms with E-state index in [4.69, 9.17) is 4.74 Å². The minimum Gasteiger partial charge on any atom is -0.484 e. The van der Waals surface area contributed by atoms with E-state index in [0.29, 0.717) is 5.75 Å². The van der Waals surface area contributed by atoms with Crippen LogP contribution in [0, 0.1) is 0 Å². The molecular formula is C17H31Cl2N3O2. The van der Waals surface area contributed by atoms with Crippen LogP contribution in [0.4, 0.5) is 0 Å². The van der Waals surface area contributed by atoms with Gasteiger partial charge in [-0.05, 0) is 65.0 Å². The molecule has 3 N–H and O–H groups in total. The highest BCUT2D eigenvalue weighted by Gasteiger charge is 2.13. The van der Waals surface area contributed by atoms with Crippen LogP contribution in [0.3, 0.4) is 0 Å². The molecule has 0 aliphatic rings. The van der Waals surface area contributed by atoms with Crippen LogP contribution in [0.5, 0.6) is 5.75 Å². The molecule has 0 atom stereocenters. The second kappa shape index (κ2) is 13.3. The van der Waals surface area contributed by atoms with Crippen molar-refractivity contribution in [2.75, 3.05) is 26.7 Å². The molecule has 5 nitrogen and oxygen atoms in total. The normalized spacial score (nSPS) is 10.3. The Bertz CT molecular complexity index is 448. The molecule has 0 aromatic heterocycles. The number of rotatable bonds is 9. The van der Waals surface area contributed by atoms with Crippen molar-refractivity contribution >= 4 is 30.7 Å². The summed E-state index contributed by atoms with van der Waals surface area (Å²) in [5.74, 6) is 0.603. The van der Waals surface area contributed by atoms with Gasteiger partial charge in [0.05, 0.1) is 0 Å². The molecule has 1 rings (SSSR count). The minimum absolute atomic E-state index is 0. The molecule has 0 aliphatic carbocycles. The molecule has 0 heterocycles. The predicted molar refractivity (Wildman–Crippen MR) is 105 cm³/mol. The summed E-state index contributed by atoms with van der Waals surface area (Å²) in [5, 5.41) is 9.38. The third kappa shape index (κ3) is 12.4. The molecule has 1 aromatic rings. The van der Waals surface area contributed by atoms with Crippen LogP contribution in [0.25, 0.3) is 0 Å². The fourth-order valence-electron chi connectivity index (χ4n) is 1.93. The fraction of sp³-hybridized carbons (Fsp3) is 0.588. The van der Waals surface area contributed by atoms with E-state index in [1.165, 1.54) is 5.56 Å². The van der Waals surface area contributed by atoms with Gasteiger partial charge in [-0.3, -0.25) is 4.79 Å². The van der Waals surface area contributed by atoms with Gasteiger partial charge < -0.3 is 20.7 Å². The first-order valence-electron chi connectivity index (χ1n) is 7.79. The van der Waals surface area contributed by atoms with E-state index in [1.54, 1.807) is 0 Å². The molecule has 1 amide bonds. The Balaban J connectivity index is 0. The van der Waals surface area contributed by atoms with Crippen LogP contribution in [-0.2, 0) is 11.3 Å². The number of amides is 1. The molecule has 0 aliphatic heterocycles. The first kappa shape index (κ1) is 25.2. The maximum Gasteiger partial charge on any atom is 0.258 e. The van der Waals surface area contributed by atoms with Gasteiger partial charge in [-0.2, -0.15) is 0 Å². The average molecular weight is 380 g/mol. The van der Waals surface area contributed by atoms with Crippen LogP contribution >= 0.6 is 24.8 Å². The summed E-state index contributed by atoms with van der Waals surface area (Å²) >= 11 is 0. The summed E-state index contributed by atoms with van der Waals surface area (Å²) in [6.07, 6.45) is 1.11. The molecule has 140 valence electrons. The first-order valence-corrected chi connectivity index (χ1v) is 7.79. The molecule has 0 spiro atoms. The van der Waals surface area contributed by atoms with Crippen molar-refractivity contribution in [3.8, 4) is 5.75 Å². The van der Waals surface area contributed by atoms with Gasteiger partial charge in [0.1, 0.15) is 5.75 Å². The summed E-state index contributed by atoms with van der Waals surface area (Å²) < 4.78 is 5.49. The largest absolute Gasteiger partial charge is 0.484 e. The Morgan fingerprint density at radius 3 is 2.25 bits per heavy atom. The lowest BCUT2D eigenvalue weighted by Gasteiger charge is -2.20. The van der Waals surface area contributed by atoms with Crippen molar-refractivity contribution in [3.05, 3.63) is 29.8 Å². The van der Waals surface area contributed by atoms with E-state index in [0.717, 1.165) is 26.1 Å². The first-order chi connectivity index (χ1) is 10.4. The number of carbonyl (C=O) groups is 1. The lowest BCUT2D eigenvalue weighted by Crippen LogP contribution is -2.43. The van der Waals surface area contributed by atoms with Crippen molar-refractivity contribution in [3.63, 3.8) is 0 Å². The Labute approximate surface area is 158 Å². The lowest BCUT2D eigenvalue weighted by atomic mass is 10.1. The second-order valence-corrected chi connectivity index (χ2v) is 6.36. The van der Waals surface area contributed by atoms with E-state index < -0.39 is 0 Å².